The third-order valence-electron chi connectivity index (χ3n) is 2.80. The molecule has 0 radical (unpaired) electrons. The summed E-state index contributed by atoms with van der Waals surface area (Å²) in [5, 5.41) is 3.79. The molecule has 1 fully saturated rings. The maximum Gasteiger partial charge on any atom is 0.326 e. The number of nitrogens with one attached hydrogen (secondary N) is 2. The fraction of sp³-hybridized carbons (Fsp3) is 0.300. The van der Waals surface area contributed by atoms with E-state index in [9.17, 15) is 4.79 Å². The molecule has 2 heterocycles. The van der Waals surface area contributed by atoms with E-state index in [2.05, 4.69) is 10.3 Å². The Morgan fingerprint density at radius 2 is 2.20 bits per heavy atom. The summed E-state index contributed by atoms with van der Waals surface area (Å²) in [6.45, 7) is 1.71. The number of halogens is 1. The molecule has 0 atom stereocenters. The van der Waals surface area contributed by atoms with Crippen LogP contribution in [0.2, 0.25) is 5.02 Å². The second kappa shape index (κ2) is 3.12. The number of aromatic nitrogens is 2. The third-order valence-corrected chi connectivity index (χ3v) is 3.04. The number of aromatic amines is 1. The average molecular weight is 224 g/mol. The number of imidazole rings is 1. The maximum absolute atomic E-state index is 11.7. The van der Waals surface area contributed by atoms with Gasteiger partial charge >= 0.3 is 5.69 Å². The Morgan fingerprint density at radius 3 is 2.87 bits per heavy atom. The smallest absolute Gasteiger partial charge is 0.313 e. The van der Waals surface area contributed by atoms with Crippen molar-refractivity contribution in [1.82, 2.24) is 14.9 Å². The summed E-state index contributed by atoms with van der Waals surface area (Å²) < 4.78 is 1.79. The lowest BCUT2D eigenvalue weighted by molar-refractivity contribution is 0.344. The Morgan fingerprint density at radius 1 is 1.40 bits per heavy atom. The van der Waals surface area contributed by atoms with Crippen LogP contribution in [0.25, 0.3) is 11.0 Å². The standard InChI is InChI=1S/C10H10ClN3O/c11-6-1-2-9-8(3-6)13-10(15)14(9)7-4-12-5-7/h1-3,7,12H,4-5H2,(H,13,15). The van der Waals surface area contributed by atoms with Crippen LogP contribution in [0.15, 0.2) is 23.0 Å². The first kappa shape index (κ1) is 9.00. The van der Waals surface area contributed by atoms with Gasteiger partial charge in [0.1, 0.15) is 0 Å². The van der Waals surface area contributed by atoms with E-state index >= 15 is 0 Å². The van der Waals surface area contributed by atoms with Crippen molar-refractivity contribution in [3.63, 3.8) is 0 Å². The van der Waals surface area contributed by atoms with Crippen molar-refractivity contribution in [2.24, 2.45) is 0 Å². The molecule has 0 amide bonds. The monoisotopic (exact) mass is 223 g/mol. The van der Waals surface area contributed by atoms with Crippen LogP contribution in [0.5, 0.6) is 0 Å². The van der Waals surface area contributed by atoms with Gasteiger partial charge in [-0.25, -0.2) is 4.79 Å². The molecule has 0 aliphatic carbocycles. The van der Waals surface area contributed by atoms with Gasteiger partial charge in [-0.2, -0.15) is 0 Å². The molecule has 3 rings (SSSR count). The molecule has 1 aromatic heterocycles. The van der Waals surface area contributed by atoms with E-state index in [0.29, 0.717) is 5.02 Å². The van der Waals surface area contributed by atoms with E-state index in [-0.39, 0.29) is 11.7 Å². The Hall–Kier alpha value is -1.26. The van der Waals surface area contributed by atoms with Crippen LogP contribution in [-0.4, -0.2) is 22.6 Å². The summed E-state index contributed by atoms with van der Waals surface area (Å²) in [6.07, 6.45) is 0. The summed E-state index contributed by atoms with van der Waals surface area (Å²) in [6, 6.07) is 5.74. The van der Waals surface area contributed by atoms with Crippen molar-refractivity contribution in [3.05, 3.63) is 33.7 Å². The van der Waals surface area contributed by atoms with Gasteiger partial charge in [0.2, 0.25) is 0 Å². The van der Waals surface area contributed by atoms with Gasteiger partial charge in [-0.1, -0.05) is 11.6 Å². The fourth-order valence-corrected chi connectivity index (χ4v) is 2.09. The molecule has 0 bridgehead atoms. The van der Waals surface area contributed by atoms with Crippen molar-refractivity contribution >= 4 is 22.6 Å². The van der Waals surface area contributed by atoms with Crippen LogP contribution in [0.3, 0.4) is 0 Å². The normalized spacial score (nSPS) is 16.9. The van der Waals surface area contributed by atoms with Gasteiger partial charge in [0.05, 0.1) is 17.1 Å². The molecule has 0 spiro atoms. The highest BCUT2D eigenvalue weighted by Crippen LogP contribution is 2.20. The van der Waals surface area contributed by atoms with Crippen LogP contribution in [0.4, 0.5) is 0 Å². The molecular weight excluding hydrogens is 214 g/mol. The molecule has 1 aliphatic rings. The Kier molecular flexibility index (Phi) is 1.87. The minimum atomic E-state index is -0.0567. The summed E-state index contributed by atoms with van der Waals surface area (Å²) in [4.78, 5) is 14.5. The molecule has 4 nitrogen and oxygen atoms in total. The first-order valence-corrected chi connectivity index (χ1v) is 5.24. The lowest BCUT2D eigenvalue weighted by atomic mass is 10.1. The largest absolute Gasteiger partial charge is 0.326 e. The van der Waals surface area contributed by atoms with E-state index in [4.69, 9.17) is 11.6 Å². The Balaban J connectivity index is 2.27. The van der Waals surface area contributed by atoms with Gasteiger partial charge in [0, 0.05) is 18.1 Å². The molecule has 78 valence electrons. The second-order valence-electron chi connectivity index (χ2n) is 3.77. The first-order chi connectivity index (χ1) is 7.25. The zero-order chi connectivity index (χ0) is 10.4. The Bertz CT molecular complexity index is 568. The van der Waals surface area contributed by atoms with Gasteiger partial charge < -0.3 is 10.3 Å². The quantitative estimate of drug-likeness (QED) is 0.762. The second-order valence-corrected chi connectivity index (χ2v) is 4.21. The molecule has 0 unspecified atom stereocenters. The molecule has 2 N–H and O–H groups in total. The molecular formula is C10H10ClN3O. The predicted octanol–water partition coefficient (Wildman–Crippen LogP) is 1.13. The van der Waals surface area contributed by atoms with E-state index < -0.39 is 0 Å². The molecule has 5 heteroatoms. The number of H-pyrrole nitrogens is 1. The molecule has 2 aromatic rings. The minimum Gasteiger partial charge on any atom is -0.313 e. The molecule has 0 saturated carbocycles. The number of rotatable bonds is 1. The summed E-state index contributed by atoms with van der Waals surface area (Å²) in [5.41, 5.74) is 1.68. The zero-order valence-corrected chi connectivity index (χ0v) is 8.71. The van der Waals surface area contributed by atoms with E-state index in [1.165, 1.54) is 0 Å². The number of fused-ring (bicyclic) bond motifs is 1. The summed E-state index contributed by atoms with van der Waals surface area (Å²) in [7, 11) is 0. The van der Waals surface area contributed by atoms with Crippen LogP contribution < -0.4 is 11.0 Å². The van der Waals surface area contributed by atoms with Crippen molar-refractivity contribution < 1.29 is 0 Å². The lowest BCUT2D eigenvalue weighted by Crippen LogP contribution is -2.46. The summed E-state index contributed by atoms with van der Waals surface area (Å²) >= 11 is 5.86. The van der Waals surface area contributed by atoms with Crippen LogP contribution in [-0.2, 0) is 0 Å². The van der Waals surface area contributed by atoms with Gasteiger partial charge in [0.25, 0.3) is 0 Å². The van der Waals surface area contributed by atoms with Crippen molar-refractivity contribution in [1.29, 1.82) is 0 Å². The topological polar surface area (TPSA) is 49.8 Å². The third kappa shape index (κ3) is 1.29. The highest BCUT2D eigenvalue weighted by molar-refractivity contribution is 6.31. The molecule has 15 heavy (non-hydrogen) atoms. The van der Waals surface area contributed by atoms with Crippen molar-refractivity contribution in [2.75, 3.05) is 13.1 Å². The first-order valence-electron chi connectivity index (χ1n) is 4.86. The van der Waals surface area contributed by atoms with Crippen LogP contribution in [0.1, 0.15) is 6.04 Å². The predicted molar refractivity (Wildman–Crippen MR) is 59.5 cm³/mol. The Labute approximate surface area is 90.9 Å². The average Bonchev–Trinajstić information content (AvgIpc) is 2.40. The van der Waals surface area contributed by atoms with E-state index in [1.54, 1.807) is 16.7 Å². The minimum absolute atomic E-state index is 0.0567. The van der Waals surface area contributed by atoms with Crippen LogP contribution >= 0.6 is 11.6 Å². The van der Waals surface area contributed by atoms with Gasteiger partial charge in [-0.05, 0) is 18.2 Å². The van der Waals surface area contributed by atoms with E-state index in [0.717, 1.165) is 24.1 Å². The highest BCUT2D eigenvalue weighted by Gasteiger charge is 2.22. The lowest BCUT2D eigenvalue weighted by Gasteiger charge is -2.28. The fourth-order valence-electron chi connectivity index (χ4n) is 1.92. The van der Waals surface area contributed by atoms with E-state index in [1.807, 2.05) is 6.07 Å². The van der Waals surface area contributed by atoms with Gasteiger partial charge in [0.15, 0.2) is 0 Å². The van der Waals surface area contributed by atoms with Crippen molar-refractivity contribution in [3.8, 4) is 0 Å². The number of hydrogen-bond donors (Lipinski definition) is 2. The SMILES string of the molecule is O=c1[nH]c2cc(Cl)ccc2n1C1CNC1. The number of hydrogen-bond acceptors (Lipinski definition) is 2. The molecule has 1 saturated heterocycles. The highest BCUT2D eigenvalue weighted by atomic mass is 35.5. The van der Waals surface area contributed by atoms with Gasteiger partial charge in [-0.15, -0.1) is 0 Å². The van der Waals surface area contributed by atoms with Crippen molar-refractivity contribution in [2.45, 2.75) is 6.04 Å². The number of benzene rings is 1. The maximum atomic E-state index is 11.7. The van der Waals surface area contributed by atoms with Gasteiger partial charge in [-0.3, -0.25) is 4.57 Å². The molecule has 1 aliphatic heterocycles. The van der Waals surface area contributed by atoms with Crippen LogP contribution in [0, 0.1) is 0 Å². The zero-order valence-electron chi connectivity index (χ0n) is 7.96. The molecule has 1 aromatic carbocycles. The summed E-state index contributed by atoms with van der Waals surface area (Å²) in [5.74, 6) is 0. The number of nitrogens with zero attached hydrogens (tertiary/aromatic N) is 1.